The number of hydrogen-bond donors (Lipinski definition) is 1. The van der Waals surface area contributed by atoms with Gasteiger partial charge in [-0.25, -0.2) is 0 Å². The highest BCUT2D eigenvalue weighted by Gasteiger charge is 2.05. The fraction of sp³-hybridized carbons (Fsp3) is 0.231. The maximum absolute atomic E-state index is 5.65. The van der Waals surface area contributed by atoms with Gasteiger partial charge in [-0.1, -0.05) is 24.3 Å². The molecular formula is C13H17ClN2S. The van der Waals surface area contributed by atoms with E-state index in [9.17, 15) is 0 Å². The summed E-state index contributed by atoms with van der Waals surface area (Å²) in [6.07, 6.45) is 1.47. The van der Waals surface area contributed by atoms with Gasteiger partial charge in [0.2, 0.25) is 0 Å². The van der Waals surface area contributed by atoms with Crippen LogP contribution in [0.1, 0.15) is 0 Å². The molecule has 0 bridgehead atoms. The first-order chi connectivity index (χ1) is 8.24. The van der Waals surface area contributed by atoms with Crippen LogP contribution in [0.2, 0.25) is 0 Å². The quantitative estimate of drug-likeness (QED) is 0.665. The molecule has 2 aromatic rings. The van der Waals surface area contributed by atoms with E-state index in [4.69, 9.17) is 5.14 Å². The van der Waals surface area contributed by atoms with Gasteiger partial charge >= 0.3 is 0 Å². The molecule has 0 fully saturated rings. The largest absolute Gasteiger partial charge is 0.377 e. The molecule has 0 aromatic heterocycles. The second-order valence-corrected chi connectivity index (χ2v) is 4.32. The van der Waals surface area contributed by atoms with E-state index in [0.29, 0.717) is 0 Å². The maximum atomic E-state index is 5.65. The molecule has 17 heavy (non-hydrogen) atoms. The molecule has 0 amide bonds. The molecule has 4 heteroatoms. The first-order valence-electron chi connectivity index (χ1n) is 5.17. The van der Waals surface area contributed by atoms with Crippen molar-refractivity contribution < 1.29 is 0 Å². The van der Waals surface area contributed by atoms with Crippen molar-refractivity contribution in [2.45, 2.75) is 4.90 Å². The minimum Gasteiger partial charge on any atom is -0.377 e. The average Bonchev–Trinajstić information content (AvgIpc) is 2.39. The lowest BCUT2D eigenvalue weighted by Crippen LogP contribution is -2.08. The molecule has 0 aliphatic heterocycles. The monoisotopic (exact) mass is 268 g/mol. The van der Waals surface area contributed by atoms with Crippen LogP contribution in [0.15, 0.2) is 41.3 Å². The third kappa shape index (κ3) is 3.06. The van der Waals surface area contributed by atoms with Gasteiger partial charge in [0.15, 0.2) is 0 Å². The molecule has 2 aromatic carbocycles. The number of alkyl halides is 1. The van der Waals surface area contributed by atoms with Crippen molar-refractivity contribution in [1.82, 2.24) is 0 Å². The normalized spacial score (nSPS) is 9.71. The van der Waals surface area contributed by atoms with Gasteiger partial charge in [-0.3, -0.25) is 5.14 Å². The Kier molecular flexibility index (Phi) is 5.62. The third-order valence-electron chi connectivity index (χ3n) is 2.47. The maximum Gasteiger partial charge on any atom is 0.0441 e. The van der Waals surface area contributed by atoms with Crippen LogP contribution in [0.3, 0.4) is 0 Å². The van der Waals surface area contributed by atoms with Crippen LogP contribution in [0.5, 0.6) is 0 Å². The zero-order valence-corrected chi connectivity index (χ0v) is 11.8. The number of anilines is 1. The predicted octanol–water partition coefficient (Wildman–Crippen LogP) is 3.73. The Morgan fingerprint density at radius 3 is 2.18 bits per heavy atom. The summed E-state index contributed by atoms with van der Waals surface area (Å²) in [5, 5.41) is 8.11. The van der Waals surface area contributed by atoms with Gasteiger partial charge in [-0.05, 0) is 29.5 Å². The van der Waals surface area contributed by atoms with Crippen molar-refractivity contribution in [3.63, 3.8) is 0 Å². The van der Waals surface area contributed by atoms with Gasteiger partial charge in [0.25, 0.3) is 0 Å². The van der Waals surface area contributed by atoms with Crippen LogP contribution in [-0.2, 0) is 0 Å². The Morgan fingerprint density at radius 2 is 1.59 bits per heavy atom. The number of benzene rings is 2. The van der Waals surface area contributed by atoms with Gasteiger partial charge in [-0.2, -0.15) is 0 Å². The summed E-state index contributed by atoms with van der Waals surface area (Å²) in [7, 11) is 4.11. The van der Waals surface area contributed by atoms with Crippen molar-refractivity contribution in [3.05, 3.63) is 36.4 Å². The van der Waals surface area contributed by atoms with Crippen molar-refractivity contribution in [2.24, 2.45) is 5.14 Å². The van der Waals surface area contributed by atoms with Gasteiger partial charge in [-0.15, -0.1) is 11.6 Å². The molecule has 0 radical (unpaired) electrons. The summed E-state index contributed by atoms with van der Waals surface area (Å²) in [5.74, 6) is 0. The molecule has 0 atom stereocenters. The second kappa shape index (κ2) is 6.74. The Bertz CT molecular complexity index is 486. The van der Waals surface area contributed by atoms with Crippen LogP contribution in [-0.4, -0.2) is 20.5 Å². The smallest absolute Gasteiger partial charge is 0.0441 e. The number of halogens is 1. The zero-order valence-electron chi connectivity index (χ0n) is 10.3. The Morgan fingerprint density at radius 1 is 1.00 bits per heavy atom. The molecule has 2 N–H and O–H groups in total. The molecule has 0 aliphatic carbocycles. The zero-order chi connectivity index (χ0) is 12.8. The molecule has 2 rings (SSSR count). The average molecular weight is 269 g/mol. The summed E-state index contributed by atoms with van der Waals surface area (Å²) in [5.41, 5.74) is 1.23. The van der Waals surface area contributed by atoms with Crippen LogP contribution in [0.4, 0.5) is 5.69 Å². The summed E-state index contributed by atoms with van der Waals surface area (Å²) in [6.45, 7) is 0. The lowest BCUT2D eigenvalue weighted by molar-refractivity contribution is 1.14. The SMILES string of the molecule is CCl.CN(C)c1cccc2c(SN)cccc12. The molecule has 0 saturated carbocycles. The van der Waals surface area contributed by atoms with E-state index in [1.165, 1.54) is 34.8 Å². The van der Waals surface area contributed by atoms with E-state index in [1.807, 2.05) is 12.1 Å². The summed E-state index contributed by atoms with van der Waals surface area (Å²) < 4.78 is 0. The van der Waals surface area contributed by atoms with Gasteiger partial charge in [0.1, 0.15) is 0 Å². The van der Waals surface area contributed by atoms with E-state index in [1.54, 1.807) is 0 Å². The first-order valence-corrected chi connectivity index (χ1v) is 6.81. The molecule has 0 aliphatic rings. The second-order valence-electron chi connectivity index (χ2n) is 3.64. The third-order valence-corrected chi connectivity index (χ3v) is 3.08. The topological polar surface area (TPSA) is 29.3 Å². The lowest BCUT2D eigenvalue weighted by atomic mass is 10.1. The van der Waals surface area contributed by atoms with Gasteiger partial charge in [0.05, 0.1) is 0 Å². The highest BCUT2D eigenvalue weighted by molar-refractivity contribution is 7.97. The summed E-state index contributed by atoms with van der Waals surface area (Å²) in [4.78, 5) is 3.24. The summed E-state index contributed by atoms with van der Waals surface area (Å²) >= 11 is 5.94. The Balaban J connectivity index is 0.000000686. The Labute approximate surface area is 112 Å². The number of fused-ring (bicyclic) bond motifs is 1. The predicted molar refractivity (Wildman–Crippen MR) is 80.1 cm³/mol. The highest BCUT2D eigenvalue weighted by Crippen LogP contribution is 2.30. The molecular weight excluding hydrogens is 252 g/mol. The van der Waals surface area contributed by atoms with Crippen molar-refractivity contribution in [1.29, 1.82) is 0 Å². The fourth-order valence-electron chi connectivity index (χ4n) is 1.76. The van der Waals surface area contributed by atoms with Gasteiger partial charge in [0, 0.05) is 36.4 Å². The van der Waals surface area contributed by atoms with Crippen LogP contribution < -0.4 is 10.0 Å². The van der Waals surface area contributed by atoms with E-state index in [-0.39, 0.29) is 0 Å². The van der Waals surface area contributed by atoms with Crippen molar-refractivity contribution in [3.8, 4) is 0 Å². The Hall–Kier alpha value is -0.900. The standard InChI is InChI=1S/C12H14N2S.CH3Cl/c1-14(2)11-7-3-6-10-9(11)5-4-8-12(10)15-13;1-2/h3-8H,13H2,1-2H3;1H3. The minimum atomic E-state index is 1.12. The van der Waals surface area contributed by atoms with E-state index in [2.05, 4.69) is 54.9 Å². The molecule has 0 heterocycles. The lowest BCUT2D eigenvalue weighted by Gasteiger charge is -2.16. The molecule has 0 unspecified atom stereocenters. The molecule has 92 valence electrons. The number of rotatable bonds is 2. The van der Waals surface area contributed by atoms with E-state index in [0.717, 1.165) is 4.90 Å². The van der Waals surface area contributed by atoms with Gasteiger partial charge < -0.3 is 4.90 Å². The van der Waals surface area contributed by atoms with Crippen LogP contribution in [0.25, 0.3) is 10.8 Å². The van der Waals surface area contributed by atoms with E-state index >= 15 is 0 Å². The summed E-state index contributed by atoms with van der Waals surface area (Å²) in [6, 6.07) is 12.5. The molecule has 2 nitrogen and oxygen atoms in total. The van der Waals surface area contributed by atoms with Crippen LogP contribution in [0, 0.1) is 0 Å². The highest BCUT2D eigenvalue weighted by atomic mass is 35.5. The van der Waals surface area contributed by atoms with Crippen LogP contribution >= 0.6 is 23.5 Å². The fourth-order valence-corrected chi connectivity index (χ4v) is 2.22. The number of nitrogens with zero attached hydrogens (tertiary/aromatic N) is 1. The number of nitrogens with two attached hydrogens (primary N) is 1. The van der Waals surface area contributed by atoms with E-state index < -0.39 is 0 Å². The number of hydrogen-bond acceptors (Lipinski definition) is 3. The molecule has 0 spiro atoms. The van der Waals surface area contributed by atoms with Crippen molar-refractivity contribution >= 4 is 40.0 Å². The molecule has 0 saturated heterocycles. The van der Waals surface area contributed by atoms with Crippen molar-refractivity contribution in [2.75, 3.05) is 25.4 Å². The first kappa shape index (κ1) is 14.2. The minimum absolute atomic E-state index is 1.12.